The Morgan fingerprint density at radius 3 is 2.64 bits per heavy atom. The predicted octanol–water partition coefficient (Wildman–Crippen LogP) is 5.24. The molecule has 0 spiro atoms. The minimum absolute atomic E-state index is 0.0199. The molecule has 1 aliphatic heterocycles. The average molecular weight is 466 g/mol. The summed E-state index contributed by atoms with van der Waals surface area (Å²) < 4.78 is 18.8. The van der Waals surface area contributed by atoms with Gasteiger partial charge in [-0.15, -0.1) is 0 Å². The smallest absolute Gasteiger partial charge is 0.263 e. The molecule has 168 valence electrons. The lowest BCUT2D eigenvalue weighted by Crippen LogP contribution is -2.38. The number of halogens is 2. The number of nitrogens with one attached hydrogen (secondary N) is 1. The van der Waals surface area contributed by atoms with Crippen LogP contribution in [0.5, 0.6) is 0 Å². The SMILES string of the molecule is Cc1ccc(-c2noc3ncnc(N4CCC(C(=O)Nc5ccc(F)c(Cl)c5)CC4)c23)cc1. The number of hydrogen-bond acceptors (Lipinski definition) is 6. The van der Waals surface area contributed by atoms with Crippen LogP contribution in [0, 0.1) is 18.7 Å². The third-order valence-electron chi connectivity index (χ3n) is 5.93. The van der Waals surface area contributed by atoms with Gasteiger partial charge < -0.3 is 14.7 Å². The molecular formula is C24H21ClFN5O2. The van der Waals surface area contributed by atoms with Gasteiger partial charge in [-0.25, -0.2) is 9.37 Å². The second-order valence-corrected chi connectivity index (χ2v) is 8.56. The molecule has 1 N–H and O–H groups in total. The summed E-state index contributed by atoms with van der Waals surface area (Å²) >= 11 is 5.82. The van der Waals surface area contributed by atoms with Crippen LogP contribution in [-0.4, -0.2) is 34.1 Å². The van der Waals surface area contributed by atoms with Crippen molar-refractivity contribution in [2.75, 3.05) is 23.3 Å². The molecule has 0 radical (unpaired) electrons. The third kappa shape index (κ3) is 4.26. The van der Waals surface area contributed by atoms with Gasteiger partial charge in [-0.2, -0.15) is 4.98 Å². The summed E-state index contributed by atoms with van der Waals surface area (Å²) in [7, 11) is 0. The van der Waals surface area contributed by atoms with E-state index in [-0.39, 0.29) is 16.8 Å². The summed E-state index contributed by atoms with van der Waals surface area (Å²) in [6.45, 7) is 3.32. The van der Waals surface area contributed by atoms with Crippen LogP contribution in [0.4, 0.5) is 15.9 Å². The second-order valence-electron chi connectivity index (χ2n) is 8.15. The molecule has 2 aromatic carbocycles. The summed E-state index contributed by atoms with van der Waals surface area (Å²) in [5.41, 5.74) is 3.71. The highest BCUT2D eigenvalue weighted by Crippen LogP contribution is 2.35. The highest BCUT2D eigenvalue weighted by atomic mass is 35.5. The Bertz CT molecular complexity index is 1320. The van der Waals surface area contributed by atoms with Crippen molar-refractivity contribution in [2.45, 2.75) is 19.8 Å². The molecule has 0 saturated carbocycles. The number of carbonyl (C=O) groups excluding carboxylic acids is 1. The zero-order valence-electron chi connectivity index (χ0n) is 17.9. The standard InChI is InChI=1S/C24H21ClFN5O2/c1-14-2-4-15(5-3-14)21-20-22(27-13-28-24(20)33-30-21)31-10-8-16(9-11-31)23(32)29-17-6-7-19(26)18(25)12-17/h2-7,12-13,16H,8-11H2,1H3,(H,29,32). The van der Waals surface area contributed by atoms with Crippen molar-refractivity contribution >= 4 is 40.1 Å². The first-order valence-electron chi connectivity index (χ1n) is 10.7. The van der Waals surface area contributed by atoms with Crippen LogP contribution >= 0.6 is 11.6 Å². The molecular weight excluding hydrogens is 445 g/mol. The Balaban J connectivity index is 1.33. The average Bonchev–Trinajstić information content (AvgIpc) is 3.26. The number of aryl methyl sites for hydroxylation is 1. The summed E-state index contributed by atoms with van der Waals surface area (Å²) in [6.07, 6.45) is 2.77. The van der Waals surface area contributed by atoms with Crippen LogP contribution in [-0.2, 0) is 4.79 Å². The number of nitrogens with zero attached hydrogens (tertiary/aromatic N) is 4. The Hall–Kier alpha value is -3.52. The van der Waals surface area contributed by atoms with E-state index in [0.717, 1.165) is 22.3 Å². The van der Waals surface area contributed by atoms with E-state index in [0.29, 0.717) is 43.0 Å². The Morgan fingerprint density at radius 1 is 1.15 bits per heavy atom. The van der Waals surface area contributed by atoms with Gasteiger partial charge in [-0.1, -0.05) is 46.6 Å². The first kappa shape index (κ1) is 21.3. The third-order valence-corrected chi connectivity index (χ3v) is 6.22. The highest BCUT2D eigenvalue weighted by molar-refractivity contribution is 6.31. The second kappa shape index (κ2) is 8.78. The molecule has 0 atom stereocenters. The van der Waals surface area contributed by atoms with Crippen LogP contribution < -0.4 is 10.2 Å². The molecule has 9 heteroatoms. The lowest BCUT2D eigenvalue weighted by Gasteiger charge is -2.32. The minimum Gasteiger partial charge on any atom is -0.356 e. The Morgan fingerprint density at radius 2 is 1.91 bits per heavy atom. The van der Waals surface area contributed by atoms with Crippen molar-refractivity contribution in [1.82, 2.24) is 15.1 Å². The molecule has 1 aliphatic rings. The number of hydrogen-bond donors (Lipinski definition) is 1. The van der Waals surface area contributed by atoms with Crippen molar-refractivity contribution in [3.8, 4) is 11.3 Å². The van der Waals surface area contributed by atoms with E-state index >= 15 is 0 Å². The molecule has 2 aromatic heterocycles. The molecule has 1 amide bonds. The van der Waals surface area contributed by atoms with Gasteiger partial charge in [0.15, 0.2) is 0 Å². The normalized spacial score (nSPS) is 14.6. The highest BCUT2D eigenvalue weighted by Gasteiger charge is 2.28. The van der Waals surface area contributed by atoms with Crippen molar-refractivity contribution in [1.29, 1.82) is 0 Å². The van der Waals surface area contributed by atoms with E-state index < -0.39 is 5.82 Å². The number of fused-ring (bicyclic) bond motifs is 1. The lowest BCUT2D eigenvalue weighted by molar-refractivity contribution is -0.120. The van der Waals surface area contributed by atoms with Gasteiger partial charge in [0.25, 0.3) is 5.71 Å². The predicted molar refractivity (Wildman–Crippen MR) is 125 cm³/mol. The fourth-order valence-corrected chi connectivity index (χ4v) is 4.27. The van der Waals surface area contributed by atoms with Crippen molar-refractivity contribution < 1.29 is 13.7 Å². The van der Waals surface area contributed by atoms with E-state index in [4.69, 9.17) is 16.1 Å². The van der Waals surface area contributed by atoms with Gasteiger partial charge in [0.05, 0.1) is 5.02 Å². The molecule has 33 heavy (non-hydrogen) atoms. The molecule has 4 aromatic rings. The van der Waals surface area contributed by atoms with Crippen LogP contribution in [0.15, 0.2) is 53.3 Å². The van der Waals surface area contributed by atoms with Crippen molar-refractivity contribution in [3.63, 3.8) is 0 Å². The summed E-state index contributed by atoms with van der Waals surface area (Å²) in [5, 5.41) is 7.83. The molecule has 5 rings (SSSR count). The van der Waals surface area contributed by atoms with Crippen LogP contribution in [0.2, 0.25) is 5.02 Å². The maximum Gasteiger partial charge on any atom is 0.263 e. The zero-order valence-corrected chi connectivity index (χ0v) is 18.6. The van der Waals surface area contributed by atoms with Crippen molar-refractivity contribution in [3.05, 3.63) is 65.2 Å². The molecule has 1 saturated heterocycles. The van der Waals surface area contributed by atoms with E-state index in [1.54, 1.807) is 0 Å². The Kier molecular flexibility index (Phi) is 5.68. The fraction of sp³-hybridized carbons (Fsp3) is 0.250. The number of aromatic nitrogens is 3. The fourth-order valence-electron chi connectivity index (χ4n) is 4.09. The topological polar surface area (TPSA) is 84.2 Å². The van der Waals surface area contributed by atoms with Gasteiger partial charge in [-0.3, -0.25) is 4.79 Å². The number of amides is 1. The maximum atomic E-state index is 13.4. The molecule has 0 unspecified atom stereocenters. The molecule has 0 bridgehead atoms. The monoisotopic (exact) mass is 465 g/mol. The molecule has 1 fully saturated rings. The van der Waals surface area contributed by atoms with Gasteiger partial charge >= 0.3 is 0 Å². The van der Waals surface area contributed by atoms with E-state index in [2.05, 4.69) is 25.3 Å². The van der Waals surface area contributed by atoms with Crippen LogP contribution in [0.25, 0.3) is 22.4 Å². The lowest BCUT2D eigenvalue weighted by atomic mass is 9.95. The quantitative estimate of drug-likeness (QED) is 0.443. The Labute approximate surface area is 194 Å². The van der Waals surface area contributed by atoms with Gasteiger partial charge in [0.1, 0.15) is 29.0 Å². The van der Waals surface area contributed by atoms with Gasteiger partial charge in [-0.05, 0) is 38.0 Å². The van der Waals surface area contributed by atoms with Crippen LogP contribution in [0.3, 0.4) is 0 Å². The number of carbonyl (C=O) groups is 1. The number of anilines is 2. The first-order valence-corrected chi connectivity index (χ1v) is 11.1. The summed E-state index contributed by atoms with van der Waals surface area (Å²) in [5.74, 6) is -0.0317. The maximum absolute atomic E-state index is 13.4. The first-order chi connectivity index (χ1) is 16.0. The number of piperidine rings is 1. The number of rotatable bonds is 4. The molecule has 0 aliphatic carbocycles. The van der Waals surface area contributed by atoms with E-state index in [1.165, 1.54) is 24.5 Å². The summed E-state index contributed by atoms with van der Waals surface area (Å²) in [6, 6.07) is 12.2. The number of benzene rings is 2. The van der Waals surface area contributed by atoms with Crippen LogP contribution in [0.1, 0.15) is 18.4 Å². The van der Waals surface area contributed by atoms with Gasteiger partial charge in [0.2, 0.25) is 5.91 Å². The van der Waals surface area contributed by atoms with E-state index in [1.807, 2.05) is 31.2 Å². The zero-order chi connectivity index (χ0) is 22.9. The minimum atomic E-state index is -0.516. The summed E-state index contributed by atoms with van der Waals surface area (Å²) in [4.78, 5) is 23.6. The van der Waals surface area contributed by atoms with Crippen molar-refractivity contribution in [2.24, 2.45) is 5.92 Å². The largest absolute Gasteiger partial charge is 0.356 e. The molecule has 7 nitrogen and oxygen atoms in total. The van der Waals surface area contributed by atoms with E-state index in [9.17, 15) is 9.18 Å². The molecule has 3 heterocycles. The van der Waals surface area contributed by atoms with Gasteiger partial charge in [0, 0.05) is 30.3 Å².